The van der Waals surface area contributed by atoms with Gasteiger partial charge in [-0.25, -0.2) is 0 Å². The van der Waals surface area contributed by atoms with Crippen molar-refractivity contribution in [3.63, 3.8) is 0 Å². The molecule has 0 saturated carbocycles. The third-order valence-corrected chi connectivity index (χ3v) is 2.64. The number of nitrogens with one attached hydrogen (secondary N) is 1. The van der Waals surface area contributed by atoms with E-state index in [1.54, 1.807) is 6.26 Å². The van der Waals surface area contributed by atoms with Crippen LogP contribution in [0, 0.1) is 5.41 Å². The summed E-state index contributed by atoms with van der Waals surface area (Å²) in [6, 6.07) is 4.02. The molecule has 0 amide bonds. The zero-order chi connectivity index (χ0) is 8.44. The lowest BCUT2D eigenvalue weighted by atomic mass is 9.85. The van der Waals surface area contributed by atoms with Gasteiger partial charge in [-0.3, -0.25) is 0 Å². The fraction of sp³-hybridized carbons (Fsp3) is 0.600. The van der Waals surface area contributed by atoms with Crippen LogP contribution < -0.4 is 5.32 Å². The van der Waals surface area contributed by atoms with Gasteiger partial charge in [-0.05, 0) is 30.5 Å². The molecule has 2 nitrogen and oxygen atoms in total. The number of hydrogen-bond acceptors (Lipinski definition) is 2. The van der Waals surface area contributed by atoms with Crippen molar-refractivity contribution < 1.29 is 4.42 Å². The van der Waals surface area contributed by atoms with Gasteiger partial charge < -0.3 is 9.73 Å². The maximum Gasteiger partial charge on any atom is 0.104 e. The van der Waals surface area contributed by atoms with E-state index >= 15 is 0 Å². The highest BCUT2D eigenvalue weighted by Crippen LogP contribution is 2.28. The lowest BCUT2D eigenvalue weighted by Gasteiger charge is -2.20. The van der Waals surface area contributed by atoms with E-state index in [9.17, 15) is 0 Å². The van der Waals surface area contributed by atoms with Crippen LogP contribution in [0.4, 0.5) is 0 Å². The van der Waals surface area contributed by atoms with Crippen molar-refractivity contribution in [3.05, 3.63) is 24.2 Å². The molecule has 0 radical (unpaired) electrons. The molecule has 1 N–H and O–H groups in total. The quantitative estimate of drug-likeness (QED) is 0.723. The molecule has 1 atom stereocenters. The van der Waals surface area contributed by atoms with Crippen molar-refractivity contribution in [1.29, 1.82) is 0 Å². The molecule has 1 saturated heterocycles. The second-order valence-corrected chi connectivity index (χ2v) is 3.99. The minimum Gasteiger partial charge on any atom is -0.469 e. The van der Waals surface area contributed by atoms with Gasteiger partial charge in [0.2, 0.25) is 0 Å². The van der Waals surface area contributed by atoms with Gasteiger partial charge in [0, 0.05) is 13.0 Å². The van der Waals surface area contributed by atoms with Crippen molar-refractivity contribution in [1.82, 2.24) is 5.32 Å². The highest BCUT2D eigenvalue weighted by atomic mass is 16.3. The Morgan fingerprint density at radius 3 is 3.17 bits per heavy atom. The Morgan fingerprint density at radius 1 is 1.67 bits per heavy atom. The van der Waals surface area contributed by atoms with Crippen molar-refractivity contribution in [2.45, 2.75) is 19.8 Å². The van der Waals surface area contributed by atoms with Gasteiger partial charge in [-0.15, -0.1) is 0 Å². The highest BCUT2D eigenvalue weighted by Gasteiger charge is 2.29. The molecule has 1 aliphatic heterocycles. The monoisotopic (exact) mass is 165 g/mol. The summed E-state index contributed by atoms with van der Waals surface area (Å²) in [5.41, 5.74) is 0.415. The summed E-state index contributed by atoms with van der Waals surface area (Å²) in [5, 5.41) is 3.38. The maximum atomic E-state index is 5.33. The zero-order valence-corrected chi connectivity index (χ0v) is 7.47. The third kappa shape index (κ3) is 1.53. The van der Waals surface area contributed by atoms with Crippen molar-refractivity contribution >= 4 is 0 Å². The van der Waals surface area contributed by atoms with Crippen LogP contribution in [0.2, 0.25) is 0 Å². The number of furan rings is 1. The van der Waals surface area contributed by atoms with Crippen LogP contribution in [0.25, 0.3) is 0 Å². The van der Waals surface area contributed by atoms with E-state index in [-0.39, 0.29) is 0 Å². The summed E-state index contributed by atoms with van der Waals surface area (Å²) >= 11 is 0. The number of hydrogen-bond donors (Lipinski definition) is 1. The van der Waals surface area contributed by atoms with Gasteiger partial charge in [0.25, 0.3) is 0 Å². The van der Waals surface area contributed by atoms with E-state index in [0.717, 1.165) is 25.3 Å². The van der Waals surface area contributed by atoms with Gasteiger partial charge in [-0.2, -0.15) is 0 Å². The van der Waals surface area contributed by atoms with Crippen LogP contribution in [0.1, 0.15) is 19.1 Å². The van der Waals surface area contributed by atoms with Crippen LogP contribution in [0.15, 0.2) is 22.8 Å². The van der Waals surface area contributed by atoms with Gasteiger partial charge >= 0.3 is 0 Å². The summed E-state index contributed by atoms with van der Waals surface area (Å²) in [5.74, 6) is 1.11. The van der Waals surface area contributed by atoms with E-state index in [0.29, 0.717) is 5.41 Å². The molecule has 1 unspecified atom stereocenters. The van der Waals surface area contributed by atoms with Crippen LogP contribution in [-0.2, 0) is 6.42 Å². The van der Waals surface area contributed by atoms with Crippen LogP contribution >= 0.6 is 0 Å². The van der Waals surface area contributed by atoms with Gasteiger partial charge in [0.15, 0.2) is 0 Å². The summed E-state index contributed by atoms with van der Waals surface area (Å²) < 4.78 is 5.33. The van der Waals surface area contributed by atoms with Crippen LogP contribution in [0.5, 0.6) is 0 Å². The Labute approximate surface area is 73.0 Å². The average Bonchev–Trinajstić information content (AvgIpc) is 2.62. The van der Waals surface area contributed by atoms with Crippen molar-refractivity contribution in [3.8, 4) is 0 Å². The Bertz CT molecular complexity index is 234. The van der Waals surface area contributed by atoms with Crippen molar-refractivity contribution in [2.75, 3.05) is 13.1 Å². The van der Waals surface area contributed by atoms with E-state index < -0.39 is 0 Å². The first-order valence-corrected chi connectivity index (χ1v) is 4.52. The molecule has 2 rings (SSSR count). The molecule has 0 bridgehead atoms. The smallest absolute Gasteiger partial charge is 0.104 e. The molecule has 2 heteroatoms. The summed E-state index contributed by atoms with van der Waals surface area (Å²) in [7, 11) is 0. The minimum absolute atomic E-state index is 0.415. The predicted molar refractivity (Wildman–Crippen MR) is 48.0 cm³/mol. The largest absolute Gasteiger partial charge is 0.469 e. The second kappa shape index (κ2) is 2.94. The molecule has 1 fully saturated rings. The molecular weight excluding hydrogens is 150 g/mol. The standard InChI is InChI=1S/C10H15NO/c1-10(4-5-11-8-10)7-9-3-2-6-12-9/h2-3,6,11H,4-5,7-8H2,1H3. The van der Waals surface area contributed by atoms with E-state index in [4.69, 9.17) is 4.42 Å². The topological polar surface area (TPSA) is 25.2 Å². The Morgan fingerprint density at radius 2 is 2.58 bits per heavy atom. The molecule has 0 aliphatic carbocycles. The summed E-state index contributed by atoms with van der Waals surface area (Å²) in [4.78, 5) is 0. The van der Waals surface area contributed by atoms with E-state index in [1.165, 1.54) is 6.42 Å². The Hall–Kier alpha value is -0.760. The van der Waals surface area contributed by atoms with Gasteiger partial charge in [-0.1, -0.05) is 6.92 Å². The highest BCUT2D eigenvalue weighted by molar-refractivity contribution is 5.03. The predicted octanol–water partition coefficient (Wildman–Crippen LogP) is 1.82. The first-order chi connectivity index (χ1) is 5.79. The molecule has 66 valence electrons. The first-order valence-electron chi connectivity index (χ1n) is 4.52. The van der Waals surface area contributed by atoms with Crippen molar-refractivity contribution in [2.24, 2.45) is 5.41 Å². The molecule has 1 aliphatic rings. The number of rotatable bonds is 2. The molecule has 0 spiro atoms. The normalized spacial score (nSPS) is 29.4. The zero-order valence-electron chi connectivity index (χ0n) is 7.47. The van der Waals surface area contributed by atoms with Gasteiger partial charge in [0.05, 0.1) is 6.26 Å². The average molecular weight is 165 g/mol. The first kappa shape index (κ1) is 7.87. The molecule has 12 heavy (non-hydrogen) atoms. The molecule has 2 heterocycles. The third-order valence-electron chi connectivity index (χ3n) is 2.64. The molecule has 1 aromatic heterocycles. The fourth-order valence-electron chi connectivity index (χ4n) is 1.85. The second-order valence-electron chi connectivity index (χ2n) is 3.99. The fourth-order valence-corrected chi connectivity index (χ4v) is 1.85. The SMILES string of the molecule is CC1(Cc2ccco2)CCNC1. The van der Waals surface area contributed by atoms with E-state index in [1.807, 2.05) is 6.07 Å². The van der Waals surface area contributed by atoms with Crippen LogP contribution in [0.3, 0.4) is 0 Å². The maximum absolute atomic E-state index is 5.33. The van der Waals surface area contributed by atoms with Crippen LogP contribution in [-0.4, -0.2) is 13.1 Å². The summed E-state index contributed by atoms with van der Waals surface area (Å²) in [6.45, 7) is 4.58. The lowest BCUT2D eigenvalue weighted by Crippen LogP contribution is -2.22. The Kier molecular flexibility index (Phi) is 1.93. The van der Waals surface area contributed by atoms with Gasteiger partial charge in [0.1, 0.15) is 5.76 Å². The summed E-state index contributed by atoms with van der Waals surface area (Å²) in [6.07, 6.45) is 4.07. The lowest BCUT2D eigenvalue weighted by molar-refractivity contribution is 0.328. The Balaban J connectivity index is 2.02. The molecular formula is C10H15NO. The molecule has 0 aromatic carbocycles. The van der Waals surface area contributed by atoms with E-state index in [2.05, 4.69) is 18.3 Å². The minimum atomic E-state index is 0.415. The molecule has 1 aromatic rings.